The van der Waals surface area contributed by atoms with E-state index in [0.717, 1.165) is 31.3 Å². The van der Waals surface area contributed by atoms with E-state index < -0.39 is 22.2 Å². The van der Waals surface area contributed by atoms with Crippen LogP contribution in [0.1, 0.15) is 66.7 Å². The average molecular weight is 400 g/mol. The Bertz CT molecular complexity index is 765. The highest BCUT2D eigenvalue weighted by atomic mass is 16.5. The quantitative estimate of drug-likeness (QED) is 0.466. The maximum absolute atomic E-state index is 13.2. The van der Waals surface area contributed by atoms with Crippen molar-refractivity contribution >= 4 is 5.97 Å². The number of carboxylic acids is 1. The fraction of sp³-hybridized carbons (Fsp3) is 0.840. The zero-order valence-electron chi connectivity index (χ0n) is 18.7. The summed E-state index contributed by atoms with van der Waals surface area (Å²) >= 11 is 0. The normalized spacial score (nSPS) is 44.8. The van der Waals surface area contributed by atoms with Gasteiger partial charge < -0.3 is 9.84 Å². The summed E-state index contributed by atoms with van der Waals surface area (Å²) < 4.78 is 6.26. The van der Waals surface area contributed by atoms with Crippen molar-refractivity contribution in [2.75, 3.05) is 13.2 Å². The van der Waals surface area contributed by atoms with Crippen LogP contribution < -0.4 is 0 Å². The molecule has 7 atom stereocenters. The van der Waals surface area contributed by atoms with Gasteiger partial charge in [0.2, 0.25) is 0 Å². The molecule has 4 aliphatic rings. The molecule has 0 amide bonds. The lowest BCUT2D eigenvalue weighted by atomic mass is 9.43. The van der Waals surface area contributed by atoms with E-state index in [-0.39, 0.29) is 17.8 Å². The van der Waals surface area contributed by atoms with Gasteiger partial charge in [-0.2, -0.15) is 5.26 Å². The molecule has 0 aromatic heterocycles. The topological polar surface area (TPSA) is 70.3 Å². The third-order valence-electron chi connectivity index (χ3n) is 9.24. The molecule has 1 N–H and O–H groups in total. The van der Waals surface area contributed by atoms with Gasteiger partial charge in [-0.05, 0) is 61.2 Å². The van der Waals surface area contributed by atoms with E-state index in [1.54, 1.807) is 0 Å². The zero-order valence-corrected chi connectivity index (χ0v) is 18.7. The number of ether oxygens (including phenoxy) is 1. The molecule has 4 bridgehead atoms. The van der Waals surface area contributed by atoms with Gasteiger partial charge in [-0.25, -0.2) is 0 Å². The molecule has 0 radical (unpaired) electrons. The second kappa shape index (κ2) is 6.84. The highest BCUT2D eigenvalue weighted by Crippen LogP contribution is 2.83. The van der Waals surface area contributed by atoms with E-state index >= 15 is 0 Å². The zero-order chi connectivity index (χ0) is 21.2. The Morgan fingerprint density at radius 1 is 1.31 bits per heavy atom. The number of hydrogen-bond acceptors (Lipinski definition) is 3. The summed E-state index contributed by atoms with van der Waals surface area (Å²) in [6.45, 7) is 12.0. The molecule has 5 unspecified atom stereocenters. The number of nitrogens with zero attached hydrogens (tertiary/aromatic N) is 1. The molecule has 4 rings (SSSR count). The Morgan fingerprint density at radius 2 is 2.03 bits per heavy atom. The van der Waals surface area contributed by atoms with E-state index in [0.29, 0.717) is 37.4 Å². The van der Waals surface area contributed by atoms with E-state index in [1.165, 1.54) is 0 Å². The van der Waals surface area contributed by atoms with Gasteiger partial charge in [0.05, 0.1) is 18.1 Å². The van der Waals surface area contributed by atoms with E-state index in [2.05, 4.69) is 46.8 Å². The summed E-state index contributed by atoms with van der Waals surface area (Å²) in [6.07, 6.45) is 6.95. The van der Waals surface area contributed by atoms with Crippen LogP contribution in [-0.4, -0.2) is 24.3 Å². The van der Waals surface area contributed by atoms with Crippen molar-refractivity contribution < 1.29 is 14.6 Å². The molecule has 3 saturated carbocycles. The number of hydrogen-bond donors (Lipinski definition) is 1. The number of carboxylic acid groups (broad SMARTS) is 1. The Labute approximate surface area is 175 Å². The molecule has 3 fully saturated rings. The van der Waals surface area contributed by atoms with Crippen molar-refractivity contribution in [3.8, 4) is 6.07 Å². The van der Waals surface area contributed by atoms with Gasteiger partial charge in [0, 0.05) is 12.0 Å². The fourth-order valence-corrected chi connectivity index (χ4v) is 8.11. The minimum atomic E-state index is -1.09. The molecule has 0 aliphatic heterocycles. The number of rotatable bonds is 7. The summed E-state index contributed by atoms with van der Waals surface area (Å²) in [4.78, 5) is 13.2. The molecule has 0 aromatic carbocycles. The molecule has 4 aliphatic carbocycles. The predicted octanol–water partition coefficient (Wildman–Crippen LogP) is 5.30. The minimum Gasteiger partial charge on any atom is -0.481 e. The molecule has 0 saturated heterocycles. The van der Waals surface area contributed by atoms with Gasteiger partial charge in [-0.15, -0.1) is 0 Å². The maximum Gasteiger partial charge on any atom is 0.316 e. The van der Waals surface area contributed by atoms with Crippen molar-refractivity contribution in [3.63, 3.8) is 0 Å². The predicted molar refractivity (Wildman–Crippen MR) is 112 cm³/mol. The standard InChI is InChI=1S/C25H37NO3/c1-15(2)8-9-29-14-24-12-19-17(5)6-7-20(19)23(13-26)11-18(24)10-21(16(3)4)25(23,24)22(27)28/h10,15-20H,6-9,11-12,14H2,1-5H3,(H,27,28)/t17?,18?,19?,20?,23-,24+,25?/m0/s1. The van der Waals surface area contributed by atoms with Crippen LogP contribution in [0.15, 0.2) is 11.6 Å². The number of carbonyl (C=O) groups is 1. The molecular weight excluding hydrogens is 362 g/mol. The number of allylic oxidation sites excluding steroid dienone is 1. The first-order valence-corrected chi connectivity index (χ1v) is 11.6. The summed E-state index contributed by atoms with van der Waals surface area (Å²) in [5, 5.41) is 21.5. The summed E-state index contributed by atoms with van der Waals surface area (Å²) in [7, 11) is 0. The van der Waals surface area contributed by atoms with Gasteiger partial charge >= 0.3 is 5.97 Å². The lowest BCUT2D eigenvalue weighted by Crippen LogP contribution is -2.62. The second-order valence-corrected chi connectivity index (χ2v) is 11.1. The first kappa shape index (κ1) is 20.9. The SMILES string of the molecule is CC(C)CCOC[C@]12CC3C(C)CCC3[C@@]3(C#N)CC1C=C(C(C)C)C23C(=O)O. The first-order chi connectivity index (χ1) is 13.7. The highest BCUT2D eigenvalue weighted by molar-refractivity contribution is 5.85. The van der Waals surface area contributed by atoms with Crippen LogP contribution in [0.5, 0.6) is 0 Å². The van der Waals surface area contributed by atoms with Crippen molar-refractivity contribution in [3.05, 3.63) is 11.6 Å². The number of fused-ring (bicyclic) bond motifs is 2. The molecular formula is C25H37NO3. The van der Waals surface area contributed by atoms with Crippen molar-refractivity contribution in [1.29, 1.82) is 5.26 Å². The second-order valence-electron chi connectivity index (χ2n) is 11.1. The van der Waals surface area contributed by atoms with Crippen LogP contribution in [0.3, 0.4) is 0 Å². The Hall–Kier alpha value is -1.34. The molecule has 0 heterocycles. The Balaban J connectivity index is 1.84. The largest absolute Gasteiger partial charge is 0.481 e. The van der Waals surface area contributed by atoms with Crippen LogP contribution in [0.4, 0.5) is 0 Å². The minimum absolute atomic E-state index is 0.134. The fourth-order valence-electron chi connectivity index (χ4n) is 8.11. The molecule has 160 valence electrons. The highest BCUT2D eigenvalue weighted by Gasteiger charge is 2.84. The lowest BCUT2D eigenvalue weighted by Gasteiger charge is -2.57. The number of nitriles is 1. The van der Waals surface area contributed by atoms with E-state index in [1.807, 2.05) is 0 Å². The first-order valence-electron chi connectivity index (χ1n) is 11.6. The molecule has 4 heteroatoms. The van der Waals surface area contributed by atoms with E-state index in [9.17, 15) is 15.2 Å². The Kier molecular flexibility index (Phi) is 4.93. The summed E-state index contributed by atoms with van der Waals surface area (Å²) in [5.74, 6) is 1.28. The monoisotopic (exact) mass is 399 g/mol. The van der Waals surface area contributed by atoms with Crippen LogP contribution in [-0.2, 0) is 9.53 Å². The van der Waals surface area contributed by atoms with E-state index in [4.69, 9.17) is 4.74 Å². The maximum atomic E-state index is 13.2. The third kappa shape index (κ3) is 2.37. The van der Waals surface area contributed by atoms with Crippen LogP contribution in [0, 0.1) is 63.1 Å². The van der Waals surface area contributed by atoms with Crippen molar-refractivity contribution in [2.45, 2.75) is 66.7 Å². The van der Waals surface area contributed by atoms with Crippen LogP contribution in [0.2, 0.25) is 0 Å². The third-order valence-corrected chi connectivity index (χ3v) is 9.24. The molecule has 29 heavy (non-hydrogen) atoms. The molecule has 0 aromatic rings. The van der Waals surface area contributed by atoms with Gasteiger partial charge in [0.1, 0.15) is 5.41 Å². The molecule has 4 nitrogen and oxygen atoms in total. The number of aliphatic carboxylic acids is 1. The van der Waals surface area contributed by atoms with Crippen LogP contribution in [0.25, 0.3) is 0 Å². The van der Waals surface area contributed by atoms with Gasteiger partial charge in [0.25, 0.3) is 0 Å². The van der Waals surface area contributed by atoms with Crippen LogP contribution >= 0.6 is 0 Å². The van der Waals surface area contributed by atoms with Gasteiger partial charge in [-0.3, -0.25) is 4.79 Å². The summed E-state index contributed by atoms with van der Waals surface area (Å²) in [6, 6.07) is 2.70. The average Bonchev–Trinajstić information content (AvgIpc) is 3.22. The van der Waals surface area contributed by atoms with Crippen molar-refractivity contribution in [2.24, 2.45) is 51.8 Å². The lowest BCUT2D eigenvalue weighted by molar-refractivity contribution is -0.179. The molecule has 0 spiro atoms. The van der Waals surface area contributed by atoms with Crippen molar-refractivity contribution in [1.82, 2.24) is 0 Å². The van der Waals surface area contributed by atoms with Gasteiger partial charge in [0.15, 0.2) is 0 Å². The summed E-state index contributed by atoms with van der Waals surface area (Å²) in [5.41, 5.74) is -1.33. The smallest absolute Gasteiger partial charge is 0.316 e. The Morgan fingerprint density at radius 3 is 2.62 bits per heavy atom. The van der Waals surface area contributed by atoms with Gasteiger partial charge in [-0.1, -0.05) is 52.7 Å².